The number of methoxy groups -OCH3 is 1. The fraction of sp³-hybridized carbons (Fsp3) is 0.545. The first-order valence-corrected chi connectivity index (χ1v) is 12.5. The summed E-state index contributed by atoms with van der Waals surface area (Å²) in [6.45, 7) is -0.803. The lowest BCUT2D eigenvalue weighted by atomic mass is 10.2. The Balaban J connectivity index is 1.68. The highest BCUT2D eigenvalue weighted by Gasteiger charge is 2.38. The first-order valence-electron chi connectivity index (χ1n) is 8.10. The summed E-state index contributed by atoms with van der Waals surface area (Å²) in [5.74, 6) is 0. The molecule has 1 saturated heterocycles. The largest absolute Gasteiger partial charge is 0.790 e. The number of rotatable bonds is 9. The third-order valence-corrected chi connectivity index (χ3v) is 7.62. The average molecular weight is 502 g/mol. The van der Waals surface area contributed by atoms with Gasteiger partial charge < -0.3 is 43.1 Å². The topological polar surface area (TPSA) is 253 Å². The van der Waals surface area contributed by atoms with E-state index in [2.05, 4.69) is 28.1 Å². The molecule has 0 saturated carbocycles. The fourth-order valence-corrected chi connectivity index (χ4v) is 5.66. The lowest BCUT2D eigenvalue weighted by Gasteiger charge is -2.37. The molecule has 0 aromatic carbocycles. The zero-order chi connectivity index (χ0) is 23.0. The summed E-state index contributed by atoms with van der Waals surface area (Å²) in [5, 5.41) is 0. The third-order valence-electron chi connectivity index (χ3n) is 3.96. The molecule has 0 amide bonds. The van der Waals surface area contributed by atoms with E-state index in [9.17, 15) is 38.1 Å². The van der Waals surface area contributed by atoms with E-state index in [0.29, 0.717) is 0 Å². The van der Waals surface area contributed by atoms with Gasteiger partial charge in [-0.25, -0.2) is 14.3 Å². The number of aromatic amines is 1. The third kappa shape index (κ3) is 6.14. The second-order valence-corrected chi connectivity index (χ2v) is 10.2. The van der Waals surface area contributed by atoms with Crippen molar-refractivity contribution in [3.8, 4) is 0 Å². The monoisotopic (exact) mass is 502 g/mol. The van der Waals surface area contributed by atoms with Crippen LogP contribution in [0.15, 0.2) is 17.4 Å². The summed E-state index contributed by atoms with van der Waals surface area (Å²) in [4.78, 5) is 65.6. The van der Waals surface area contributed by atoms with Crippen LogP contribution in [0.3, 0.4) is 0 Å². The lowest BCUT2D eigenvalue weighted by Crippen LogP contribution is -2.29. The first-order chi connectivity index (χ1) is 14.3. The molecule has 1 aliphatic rings. The Labute approximate surface area is 172 Å². The van der Waals surface area contributed by atoms with Gasteiger partial charge in [0, 0.05) is 13.5 Å². The minimum absolute atomic E-state index is 0.0393. The van der Waals surface area contributed by atoms with Gasteiger partial charge in [-0.1, -0.05) is 0 Å². The van der Waals surface area contributed by atoms with E-state index in [4.69, 9.17) is 9.47 Å². The normalized spacial score (nSPS) is 26.0. The molecular formula is C11H13N4O13P3-4. The smallest absolute Gasteiger partial charge is 0.278 e. The van der Waals surface area contributed by atoms with E-state index in [1.807, 2.05) is 0 Å². The first kappa shape index (κ1) is 24.3. The van der Waals surface area contributed by atoms with Crippen molar-refractivity contribution in [2.75, 3.05) is 13.7 Å². The van der Waals surface area contributed by atoms with Gasteiger partial charge in [-0.3, -0.25) is 22.8 Å². The number of imidazole rings is 1. The van der Waals surface area contributed by atoms with Gasteiger partial charge in [0.15, 0.2) is 11.2 Å². The molecule has 17 nitrogen and oxygen atoms in total. The Kier molecular flexibility index (Phi) is 6.99. The van der Waals surface area contributed by atoms with E-state index in [1.165, 1.54) is 18.0 Å². The van der Waals surface area contributed by atoms with Gasteiger partial charge in [0.1, 0.15) is 12.3 Å². The summed E-state index contributed by atoms with van der Waals surface area (Å²) in [5.41, 5.74) is -0.260. The highest BCUT2D eigenvalue weighted by Crippen LogP contribution is 2.60. The molecule has 0 aliphatic carbocycles. The highest BCUT2D eigenvalue weighted by molar-refractivity contribution is 7.64. The maximum atomic E-state index is 11.8. The summed E-state index contributed by atoms with van der Waals surface area (Å²) >= 11 is 0. The molecule has 20 heteroatoms. The zero-order valence-electron chi connectivity index (χ0n) is 15.3. The Hall–Kier alpha value is -1.32. The van der Waals surface area contributed by atoms with Crippen molar-refractivity contribution in [1.82, 2.24) is 19.5 Å². The van der Waals surface area contributed by atoms with Gasteiger partial charge in [0.2, 0.25) is 0 Å². The Morgan fingerprint density at radius 3 is 2.55 bits per heavy atom. The summed E-state index contributed by atoms with van der Waals surface area (Å²) in [6, 6.07) is 0. The van der Waals surface area contributed by atoms with Gasteiger partial charge in [-0.15, -0.1) is 0 Å². The molecule has 0 radical (unpaired) electrons. The standard InChI is InChI=1S/C11H17N4O13P3/c1-24-6-2-8(15-5-14-9-10(15)12-4-13-11(9)16)26-7(6)3-25-30(20,21)28-31(22,23)27-29(17,18)19/h4-8H,2-3H2,1H3,(H,20,21)(H,22,23)(H,12,13,16)(H2,17,18,19)/p-4/t6?,7-,8-/m1/s1. The Morgan fingerprint density at radius 2 is 1.90 bits per heavy atom. The molecule has 0 spiro atoms. The van der Waals surface area contributed by atoms with Crippen LogP contribution in [0.5, 0.6) is 0 Å². The van der Waals surface area contributed by atoms with Crippen LogP contribution in [0.2, 0.25) is 0 Å². The minimum atomic E-state index is -6.09. The number of hydrogen-bond donors (Lipinski definition) is 1. The van der Waals surface area contributed by atoms with Crippen LogP contribution >= 0.6 is 23.5 Å². The predicted octanol–water partition coefficient (Wildman–Crippen LogP) is -2.76. The molecule has 31 heavy (non-hydrogen) atoms. The summed E-state index contributed by atoms with van der Waals surface area (Å²) in [7, 11) is -16.5. The van der Waals surface area contributed by atoms with Crippen LogP contribution in [0.1, 0.15) is 12.6 Å². The van der Waals surface area contributed by atoms with Crippen LogP contribution in [0.4, 0.5) is 0 Å². The van der Waals surface area contributed by atoms with E-state index < -0.39 is 54.1 Å². The second-order valence-electron chi connectivity index (χ2n) is 6.00. The van der Waals surface area contributed by atoms with Crippen molar-refractivity contribution in [1.29, 1.82) is 0 Å². The highest BCUT2D eigenvalue weighted by atomic mass is 31.3. The Bertz CT molecular complexity index is 1140. The van der Waals surface area contributed by atoms with Gasteiger partial charge >= 0.3 is 0 Å². The van der Waals surface area contributed by atoms with E-state index >= 15 is 0 Å². The van der Waals surface area contributed by atoms with E-state index in [-0.39, 0.29) is 17.6 Å². The minimum Gasteiger partial charge on any atom is -0.790 e. The summed E-state index contributed by atoms with van der Waals surface area (Å²) in [6.07, 6.45) is -0.0352. The number of ether oxygens (including phenoxy) is 2. The molecule has 3 rings (SSSR count). The Morgan fingerprint density at radius 1 is 1.19 bits per heavy atom. The molecule has 3 unspecified atom stereocenters. The number of aromatic nitrogens is 4. The molecule has 174 valence electrons. The van der Waals surface area contributed by atoms with Crippen molar-refractivity contribution in [2.45, 2.75) is 24.9 Å². The van der Waals surface area contributed by atoms with Crippen LogP contribution in [0.25, 0.3) is 11.2 Å². The van der Waals surface area contributed by atoms with Crippen molar-refractivity contribution >= 4 is 34.6 Å². The quantitative estimate of drug-likeness (QED) is 0.341. The predicted molar refractivity (Wildman–Crippen MR) is 88.4 cm³/mol. The zero-order valence-corrected chi connectivity index (χ0v) is 18.0. The fourth-order valence-electron chi connectivity index (χ4n) is 2.79. The molecule has 1 fully saturated rings. The molecule has 3 heterocycles. The van der Waals surface area contributed by atoms with Crippen molar-refractivity contribution < 1.29 is 55.9 Å². The number of hydrogen-bond acceptors (Lipinski definition) is 15. The number of nitrogens with one attached hydrogen (secondary N) is 1. The van der Waals surface area contributed by atoms with Crippen LogP contribution in [0, 0.1) is 0 Å². The SMILES string of the molecule is COC1C[C@H](n2cnc3c(=O)[nH]cnc32)O[C@@H]1COP(=O)([O-])OP(=O)([O-])OP(=O)([O-])[O-]. The number of nitrogens with zero attached hydrogens (tertiary/aromatic N) is 3. The number of phosphoric ester groups is 1. The molecular weight excluding hydrogens is 489 g/mol. The van der Waals surface area contributed by atoms with Gasteiger partial charge in [0.25, 0.3) is 21.2 Å². The number of H-pyrrole nitrogens is 1. The maximum absolute atomic E-state index is 11.8. The summed E-state index contributed by atoms with van der Waals surface area (Å²) < 4.78 is 56.5. The molecule has 5 atom stereocenters. The van der Waals surface area contributed by atoms with E-state index in [1.54, 1.807) is 0 Å². The van der Waals surface area contributed by atoms with Gasteiger partial charge in [0.05, 0.1) is 33.2 Å². The van der Waals surface area contributed by atoms with Gasteiger partial charge in [-0.05, 0) is 0 Å². The van der Waals surface area contributed by atoms with Crippen LogP contribution in [-0.4, -0.2) is 45.4 Å². The van der Waals surface area contributed by atoms with Crippen LogP contribution in [-0.2, 0) is 36.3 Å². The molecule has 2 aromatic rings. The number of fused-ring (bicyclic) bond motifs is 1. The van der Waals surface area contributed by atoms with Crippen molar-refractivity contribution in [3.05, 3.63) is 23.0 Å². The van der Waals surface area contributed by atoms with Crippen molar-refractivity contribution in [2.24, 2.45) is 0 Å². The molecule has 2 aromatic heterocycles. The second kappa shape index (κ2) is 8.90. The van der Waals surface area contributed by atoms with Gasteiger partial charge in [-0.2, -0.15) is 0 Å². The molecule has 1 N–H and O–H groups in total. The molecule has 0 bridgehead atoms. The van der Waals surface area contributed by atoms with E-state index in [0.717, 1.165) is 6.33 Å². The lowest BCUT2D eigenvalue weighted by molar-refractivity contribution is -0.339. The molecule has 1 aliphatic heterocycles. The maximum Gasteiger partial charge on any atom is 0.278 e. The van der Waals surface area contributed by atoms with Crippen LogP contribution < -0.4 is 25.1 Å². The van der Waals surface area contributed by atoms with Crippen molar-refractivity contribution in [3.63, 3.8) is 0 Å². The average Bonchev–Trinajstić information content (AvgIpc) is 3.21. The number of phosphoric acid groups is 3.